The van der Waals surface area contributed by atoms with Crippen LogP contribution in [0.5, 0.6) is 0 Å². The summed E-state index contributed by atoms with van der Waals surface area (Å²) in [6.07, 6.45) is 0.164. The van der Waals surface area contributed by atoms with Crippen molar-refractivity contribution in [3.63, 3.8) is 0 Å². The quantitative estimate of drug-likeness (QED) is 0.298. The highest BCUT2D eigenvalue weighted by Crippen LogP contribution is 2.37. The number of carbonyl (C=O) groups excluding carboxylic acids is 1. The highest BCUT2D eigenvalue weighted by Gasteiger charge is 2.19. The number of hydrogen-bond acceptors (Lipinski definition) is 7. The lowest BCUT2D eigenvalue weighted by Crippen LogP contribution is -2.21. The molecule has 0 unspecified atom stereocenters. The average molecular weight is 430 g/mol. The van der Waals surface area contributed by atoms with Crippen molar-refractivity contribution in [2.45, 2.75) is 6.42 Å². The number of aromatic nitrogens is 1. The predicted molar refractivity (Wildman–Crippen MR) is 113 cm³/mol. The molecule has 0 amide bonds. The topological polar surface area (TPSA) is 130 Å². The third-order valence-electron chi connectivity index (χ3n) is 4.51. The Morgan fingerprint density at radius 3 is 2.60 bits per heavy atom. The molecule has 1 aromatic heterocycles. The third kappa shape index (κ3) is 4.23. The van der Waals surface area contributed by atoms with Crippen LogP contribution in [0.4, 0.5) is 9.52 Å². The number of nitrogens with one attached hydrogen (secondary N) is 1. The predicted octanol–water partition coefficient (Wildman–Crippen LogP) is 3.08. The molecule has 156 valence electrons. The number of nitrogens with two attached hydrogens (primary N) is 1. The van der Waals surface area contributed by atoms with Gasteiger partial charge in [0.15, 0.2) is 5.13 Å². The number of aromatic carboxylic acids is 1. The lowest BCUT2D eigenvalue weighted by Gasteiger charge is -2.14. The summed E-state index contributed by atoms with van der Waals surface area (Å²) in [5.41, 5.74) is 6.56. The van der Waals surface area contributed by atoms with Gasteiger partial charge in [0, 0.05) is 30.3 Å². The van der Waals surface area contributed by atoms with Crippen molar-refractivity contribution >= 4 is 44.5 Å². The van der Waals surface area contributed by atoms with Crippen molar-refractivity contribution in [2.24, 2.45) is 5.73 Å². The van der Waals surface area contributed by atoms with Gasteiger partial charge in [0.2, 0.25) is 0 Å². The number of anilines is 1. The first-order valence-electron chi connectivity index (χ1n) is 8.81. The van der Waals surface area contributed by atoms with Crippen molar-refractivity contribution in [1.29, 1.82) is 5.41 Å². The van der Waals surface area contributed by atoms with Crippen LogP contribution in [0.25, 0.3) is 21.3 Å². The first-order chi connectivity index (χ1) is 14.2. The number of methoxy groups -OCH3 is 1. The molecule has 3 aromatic rings. The normalized spacial score (nSPS) is 10.8. The Hall–Kier alpha value is -3.53. The van der Waals surface area contributed by atoms with Crippen molar-refractivity contribution in [3.05, 3.63) is 47.3 Å². The van der Waals surface area contributed by atoms with Crippen LogP contribution in [0.15, 0.2) is 30.3 Å². The standard InChI is InChI=1S/C20H19FN4O4S/c1-25(6-5-16(26)29-2)20-24-17-13(7-11(19(27)28)9-15(17)30-20)12-4-3-10(18(22)23)8-14(12)21/h3-4,7-9H,5-6H2,1-2H3,(H3,22,23)(H,27,28). The molecular formula is C20H19FN4O4S. The number of ether oxygens (including phenoxy) is 1. The monoisotopic (exact) mass is 430 g/mol. The van der Waals surface area contributed by atoms with E-state index in [1.807, 2.05) is 0 Å². The molecule has 0 aliphatic carbocycles. The summed E-state index contributed by atoms with van der Waals surface area (Å²) in [5, 5.41) is 17.5. The minimum absolute atomic E-state index is 0.0000386. The summed E-state index contributed by atoms with van der Waals surface area (Å²) < 4.78 is 20.0. The van der Waals surface area contributed by atoms with Crippen LogP contribution in [-0.4, -0.2) is 48.6 Å². The van der Waals surface area contributed by atoms with Gasteiger partial charge in [0.25, 0.3) is 0 Å². The highest BCUT2D eigenvalue weighted by molar-refractivity contribution is 7.22. The Labute approximate surface area is 175 Å². The fourth-order valence-corrected chi connectivity index (χ4v) is 3.89. The molecule has 0 fully saturated rings. The molecule has 10 heteroatoms. The minimum atomic E-state index is -1.15. The molecule has 0 radical (unpaired) electrons. The number of hydrogen-bond donors (Lipinski definition) is 3. The molecular weight excluding hydrogens is 411 g/mol. The van der Waals surface area contributed by atoms with E-state index in [1.165, 1.54) is 42.7 Å². The number of nitrogen functional groups attached to an aromatic ring is 1. The molecule has 0 aliphatic heterocycles. The van der Waals surface area contributed by atoms with Crippen LogP contribution in [0, 0.1) is 11.2 Å². The van der Waals surface area contributed by atoms with E-state index in [-0.39, 0.29) is 34.9 Å². The molecule has 30 heavy (non-hydrogen) atoms. The SMILES string of the molecule is COC(=O)CCN(C)c1nc2c(-c3ccc(C(=N)N)cc3F)cc(C(=O)O)cc2s1. The molecule has 4 N–H and O–H groups in total. The Balaban J connectivity index is 2.11. The second kappa shape index (κ2) is 8.46. The van der Waals surface area contributed by atoms with Gasteiger partial charge in [-0.1, -0.05) is 23.5 Å². The largest absolute Gasteiger partial charge is 0.478 e. The van der Waals surface area contributed by atoms with E-state index in [9.17, 15) is 19.1 Å². The Morgan fingerprint density at radius 2 is 2.00 bits per heavy atom. The number of nitrogens with zero attached hydrogens (tertiary/aromatic N) is 2. The second-order valence-corrected chi connectivity index (χ2v) is 7.54. The number of carbonyl (C=O) groups is 2. The van der Waals surface area contributed by atoms with Gasteiger partial charge in [-0.25, -0.2) is 14.2 Å². The van der Waals surface area contributed by atoms with Gasteiger partial charge in [-0.2, -0.15) is 0 Å². The Bertz CT molecular complexity index is 1160. The number of halogens is 1. The van der Waals surface area contributed by atoms with Gasteiger partial charge in [0.05, 0.1) is 29.3 Å². The zero-order valence-electron chi connectivity index (χ0n) is 16.2. The summed E-state index contributed by atoms with van der Waals surface area (Å²) in [4.78, 5) is 29.3. The number of fused-ring (bicyclic) bond motifs is 1. The first kappa shape index (κ1) is 21.2. The van der Waals surface area contributed by atoms with Gasteiger partial charge in [-0.3, -0.25) is 10.2 Å². The Kier molecular flexibility index (Phi) is 5.97. The third-order valence-corrected chi connectivity index (χ3v) is 5.62. The highest BCUT2D eigenvalue weighted by atomic mass is 32.1. The van der Waals surface area contributed by atoms with E-state index in [1.54, 1.807) is 11.9 Å². The van der Waals surface area contributed by atoms with E-state index in [0.29, 0.717) is 27.5 Å². The van der Waals surface area contributed by atoms with Crippen LogP contribution in [-0.2, 0) is 9.53 Å². The smallest absolute Gasteiger partial charge is 0.335 e. The average Bonchev–Trinajstić information content (AvgIpc) is 3.15. The minimum Gasteiger partial charge on any atom is -0.478 e. The molecule has 0 aliphatic rings. The number of amidine groups is 1. The van der Waals surface area contributed by atoms with E-state index in [2.05, 4.69) is 9.72 Å². The zero-order chi connectivity index (χ0) is 22.0. The van der Waals surface area contributed by atoms with Gasteiger partial charge in [0.1, 0.15) is 11.7 Å². The van der Waals surface area contributed by atoms with Crippen LogP contribution in [0.3, 0.4) is 0 Å². The lowest BCUT2D eigenvalue weighted by molar-refractivity contribution is -0.140. The summed E-state index contributed by atoms with van der Waals surface area (Å²) in [7, 11) is 3.06. The van der Waals surface area contributed by atoms with Crippen molar-refractivity contribution in [3.8, 4) is 11.1 Å². The van der Waals surface area contributed by atoms with Gasteiger partial charge < -0.3 is 20.5 Å². The molecule has 3 rings (SSSR count). The van der Waals surface area contributed by atoms with E-state index < -0.39 is 11.8 Å². The number of thiazole rings is 1. The molecule has 1 heterocycles. The molecule has 0 saturated carbocycles. The van der Waals surface area contributed by atoms with E-state index in [0.717, 1.165) is 6.07 Å². The van der Waals surface area contributed by atoms with Crippen molar-refractivity contribution in [2.75, 3.05) is 25.6 Å². The number of esters is 1. The lowest BCUT2D eigenvalue weighted by atomic mass is 9.99. The first-order valence-corrected chi connectivity index (χ1v) is 9.63. The van der Waals surface area contributed by atoms with Gasteiger partial charge in [-0.05, 0) is 18.2 Å². The molecule has 0 spiro atoms. The number of rotatable bonds is 7. The van der Waals surface area contributed by atoms with Crippen molar-refractivity contribution in [1.82, 2.24) is 4.98 Å². The summed E-state index contributed by atoms with van der Waals surface area (Å²) in [6, 6.07) is 6.93. The summed E-state index contributed by atoms with van der Waals surface area (Å²) in [5.74, 6) is -2.41. The fraction of sp³-hybridized carbons (Fsp3) is 0.200. The van der Waals surface area contributed by atoms with Crippen LogP contribution in [0.2, 0.25) is 0 Å². The second-order valence-electron chi connectivity index (χ2n) is 6.53. The summed E-state index contributed by atoms with van der Waals surface area (Å²) >= 11 is 1.24. The van der Waals surface area contributed by atoms with Crippen LogP contribution >= 0.6 is 11.3 Å². The van der Waals surface area contributed by atoms with Crippen molar-refractivity contribution < 1.29 is 23.8 Å². The fourth-order valence-electron chi connectivity index (χ4n) is 2.87. The molecule has 8 nitrogen and oxygen atoms in total. The maximum Gasteiger partial charge on any atom is 0.335 e. The maximum atomic E-state index is 14.8. The molecule has 0 saturated heterocycles. The van der Waals surface area contributed by atoms with Crippen LogP contribution < -0.4 is 10.6 Å². The number of carboxylic acid groups (broad SMARTS) is 1. The Morgan fingerprint density at radius 1 is 1.27 bits per heavy atom. The zero-order valence-corrected chi connectivity index (χ0v) is 17.0. The van der Waals surface area contributed by atoms with Gasteiger partial charge in [-0.15, -0.1) is 0 Å². The van der Waals surface area contributed by atoms with Crippen LogP contribution in [0.1, 0.15) is 22.3 Å². The molecule has 0 atom stereocenters. The van der Waals surface area contributed by atoms with E-state index >= 15 is 0 Å². The molecule has 2 aromatic carbocycles. The number of carboxylic acids is 1. The maximum absolute atomic E-state index is 14.8. The van der Waals surface area contributed by atoms with Gasteiger partial charge >= 0.3 is 11.9 Å². The van der Waals surface area contributed by atoms with E-state index in [4.69, 9.17) is 11.1 Å². The number of benzene rings is 2. The molecule has 0 bridgehead atoms. The summed E-state index contributed by atoms with van der Waals surface area (Å²) in [6.45, 7) is 0.356.